The van der Waals surface area contributed by atoms with Crippen molar-refractivity contribution >= 4 is 28.5 Å². The Morgan fingerprint density at radius 2 is 1.89 bits per heavy atom. The van der Waals surface area contributed by atoms with Crippen LogP contribution >= 0.6 is 22.6 Å². The quantitative estimate of drug-likeness (QED) is 0.846. The minimum Gasteiger partial charge on any atom is -0.508 e. The molecule has 1 N–H and O–H groups in total. The Balaban J connectivity index is 2.09. The average molecular weight is 367 g/mol. The van der Waals surface area contributed by atoms with E-state index in [2.05, 4.69) is 22.6 Å². The van der Waals surface area contributed by atoms with Crippen LogP contribution in [-0.2, 0) is 6.54 Å². The molecule has 2 aromatic rings. The maximum atomic E-state index is 12.2. The summed E-state index contributed by atoms with van der Waals surface area (Å²) in [4.78, 5) is 13.8. The van der Waals surface area contributed by atoms with Crippen molar-refractivity contribution in [3.8, 4) is 5.75 Å². The number of rotatable bonds is 3. The highest BCUT2D eigenvalue weighted by molar-refractivity contribution is 14.1. The van der Waals surface area contributed by atoms with Crippen molar-refractivity contribution in [1.29, 1.82) is 0 Å². The fourth-order valence-electron chi connectivity index (χ4n) is 1.81. The number of hydrogen-bond acceptors (Lipinski definition) is 2. The smallest absolute Gasteiger partial charge is 0.253 e. The number of carbonyl (C=O) groups is 1. The third-order valence-corrected chi connectivity index (χ3v) is 3.49. The number of nitrogens with zero attached hydrogens (tertiary/aromatic N) is 1. The molecule has 1 amide bonds. The molecule has 0 radical (unpaired) electrons. The lowest BCUT2D eigenvalue weighted by Gasteiger charge is -2.17. The van der Waals surface area contributed by atoms with E-state index in [1.165, 1.54) is 0 Å². The molecule has 0 aromatic heterocycles. The zero-order valence-electron chi connectivity index (χ0n) is 10.5. The van der Waals surface area contributed by atoms with Gasteiger partial charge in [-0.15, -0.1) is 0 Å². The van der Waals surface area contributed by atoms with Crippen LogP contribution in [0.1, 0.15) is 15.9 Å². The van der Waals surface area contributed by atoms with E-state index in [9.17, 15) is 9.90 Å². The molecular formula is C15H14INO2. The molecule has 0 unspecified atom stereocenters. The first-order chi connectivity index (χ1) is 9.06. The van der Waals surface area contributed by atoms with Crippen LogP contribution in [0.2, 0.25) is 0 Å². The van der Waals surface area contributed by atoms with Crippen molar-refractivity contribution in [2.45, 2.75) is 6.54 Å². The van der Waals surface area contributed by atoms with Crippen molar-refractivity contribution in [2.75, 3.05) is 7.05 Å². The number of aromatic hydroxyl groups is 1. The Morgan fingerprint density at radius 3 is 2.53 bits per heavy atom. The monoisotopic (exact) mass is 367 g/mol. The highest BCUT2D eigenvalue weighted by atomic mass is 127. The van der Waals surface area contributed by atoms with Gasteiger partial charge in [-0.25, -0.2) is 0 Å². The molecular weight excluding hydrogens is 353 g/mol. The number of phenolic OH excluding ortho intramolecular Hbond substituents is 1. The number of amides is 1. The van der Waals surface area contributed by atoms with Crippen molar-refractivity contribution in [3.05, 3.63) is 63.2 Å². The van der Waals surface area contributed by atoms with E-state index in [1.54, 1.807) is 30.1 Å². The molecule has 2 aromatic carbocycles. The van der Waals surface area contributed by atoms with E-state index >= 15 is 0 Å². The predicted molar refractivity (Wildman–Crippen MR) is 83.1 cm³/mol. The number of benzene rings is 2. The first kappa shape index (κ1) is 13.9. The molecule has 3 nitrogen and oxygen atoms in total. The van der Waals surface area contributed by atoms with Gasteiger partial charge in [0, 0.05) is 22.7 Å². The van der Waals surface area contributed by atoms with Gasteiger partial charge in [0.15, 0.2) is 0 Å². The molecule has 19 heavy (non-hydrogen) atoms. The van der Waals surface area contributed by atoms with Crippen LogP contribution in [0.25, 0.3) is 0 Å². The van der Waals surface area contributed by atoms with Crippen LogP contribution in [0, 0.1) is 3.57 Å². The Bertz CT molecular complexity index is 581. The molecule has 0 heterocycles. The second-order valence-electron chi connectivity index (χ2n) is 4.34. The van der Waals surface area contributed by atoms with Crippen LogP contribution in [-0.4, -0.2) is 23.0 Å². The molecule has 0 spiro atoms. The second kappa shape index (κ2) is 6.06. The van der Waals surface area contributed by atoms with E-state index in [4.69, 9.17) is 0 Å². The van der Waals surface area contributed by atoms with E-state index in [1.807, 2.05) is 30.3 Å². The van der Waals surface area contributed by atoms with Gasteiger partial charge in [-0.1, -0.05) is 12.1 Å². The summed E-state index contributed by atoms with van der Waals surface area (Å²) in [5.41, 5.74) is 1.57. The van der Waals surface area contributed by atoms with Gasteiger partial charge in [0.1, 0.15) is 5.75 Å². The number of halogens is 1. The summed E-state index contributed by atoms with van der Waals surface area (Å²) in [5.74, 6) is 0.187. The zero-order valence-corrected chi connectivity index (χ0v) is 12.7. The van der Waals surface area contributed by atoms with Crippen molar-refractivity contribution in [1.82, 2.24) is 4.90 Å². The standard InChI is InChI=1S/C15H14INO2/c1-17(10-11-3-2-4-14(18)9-11)15(19)12-5-7-13(16)8-6-12/h2-9,18H,10H2,1H3. The molecule has 4 heteroatoms. The van der Waals surface area contributed by atoms with Crippen LogP contribution in [0.3, 0.4) is 0 Å². The summed E-state index contributed by atoms with van der Waals surface area (Å²) in [5, 5.41) is 9.41. The lowest BCUT2D eigenvalue weighted by molar-refractivity contribution is 0.0785. The zero-order chi connectivity index (χ0) is 13.8. The first-order valence-corrected chi connectivity index (χ1v) is 6.93. The SMILES string of the molecule is CN(Cc1cccc(O)c1)C(=O)c1ccc(I)cc1. The van der Waals surface area contributed by atoms with Crippen molar-refractivity contribution in [3.63, 3.8) is 0 Å². The Hall–Kier alpha value is -1.56. The molecule has 0 aliphatic carbocycles. The normalized spacial score (nSPS) is 10.2. The second-order valence-corrected chi connectivity index (χ2v) is 5.58. The van der Waals surface area contributed by atoms with E-state index in [0.717, 1.165) is 9.13 Å². The van der Waals surface area contributed by atoms with E-state index in [-0.39, 0.29) is 11.7 Å². The van der Waals surface area contributed by atoms with Gasteiger partial charge < -0.3 is 10.0 Å². The highest BCUT2D eigenvalue weighted by Crippen LogP contribution is 2.14. The topological polar surface area (TPSA) is 40.5 Å². The summed E-state index contributed by atoms with van der Waals surface area (Å²) < 4.78 is 1.10. The Labute approximate surface area is 126 Å². The maximum absolute atomic E-state index is 12.2. The minimum absolute atomic E-state index is 0.0280. The largest absolute Gasteiger partial charge is 0.508 e. The molecule has 2 rings (SSSR count). The molecule has 98 valence electrons. The van der Waals surface area contributed by atoms with Gasteiger partial charge in [-0.3, -0.25) is 4.79 Å². The first-order valence-electron chi connectivity index (χ1n) is 5.85. The fourth-order valence-corrected chi connectivity index (χ4v) is 2.17. The average Bonchev–Trinajstić information content (AvgIpc) is 2.39. The van der Waals surface area contributed by atoms with Gasteiger partial charge in [0.25, 0.3) is 5.91 Å². The number of carbonyl (C=O) groups excluding carboxylic acids is 1. The van der Waals surface area contributed by atoms with Gasteiger partial charge in [0.2, 0.25) is 0 Å². The van der Waals surface area contributed by atoms with E-state index in [0.29, 0.717) is 12.1 Å². The Kier molecular flexibility index (Phi) is 4.42. The highest BCUT2D eigenvalue weighted by Gasteiger charge is 2.11. The van der Waals surface area contributed by atoms with Crippen molar-refractivity contribution in [2.24, 2.45) is 0 Å². The third-order valence-electron chi connectivity index (χ3n) is 2.77. The predicted octanol–water partition coefficient (Wildman–Crippen LogP) is 3.27. The van der Waals surface area contributed by atoms with Crippen LogP contribution in [0.4, 0.5) is 0 Å². The summed E-state index contributed by atoms with van der Waals surface area (Å²) in [6.45, 7) is 0.471. The molecule has 0 fully saturated rings. The molecule has 0 saturated carbocycles. The third kappa shape index (κ3) is 3.70. The van der Waals surface area contributed by atoms with Crippen LogP contribution in [0.15, 0.2) is 48.5 Å². The van der Waals surface area contributed by atoms with Crippen LogP contribution in [0.5, 0.6) is 5.75 Å². The number of hydrogen-bond donors (Lipinski definition) is 1. The lowest BCUT2D eigenvalue weighted by atomic mass is 10.1. The lowest BCUT2D eigenvalue weighted by Crippen LogP contribution is -2.26. The van der Waals surface area contributed by atoms with Gasteiger partial charge in [-0.05, 0) is 64.6 Å². The summed E-state index contributed by atoms with van der Waals surface area (Å²) in [6.07, 6.45) is 0. The molecule has 0 bridgehead atoms. The molecule has 0 atom stereocenters. The van der Waals surface area contributed by atoms with Gasteiger partial charge in [0.05, 0.1) is 0 Å². The molecule has 0 aliphatic heterocycles. The summed E-state index contributed by atoms with van der Waals surface area (Å²) in [7, 11) is 1.75. The van der Waals surface area contributed by atoms with E-state index < -0.39 is 0 Å². The maximum Gasteiger partial charge on any atom is 0.253 e. The minimum atomic E-state index is -0.0280. The Morgan fingerprint density at radius 1 is 1.21 bits per heavy atom. The van der Waals surface area contributed by atoms with Gasteiger partial charge >= 0.3 is 0 Å². The van der Waals surface area contributed by atoms with Crippen molar-refractivity contribution < 1.29 is 9.90 Å². The summed E-state index contributed by atoms with van der Waals surface area (Å²) in [6, 6.07) is 14.4. The molecule has 0 aliphatic rings. The summed E-state index contributed by atoms with van der Waals surface area (Å²) >= 11 is 2.21. The molecule has 0 saturated heterocycles. The van der Waals surface area contributed by atoms with Crippen LogP contribution < -0.4 is 0 Å². The number of phenols is 1. The fraction of sp³-hybridized carbons (Fsp3) is 0.133. The van der Waals surface area contributed by atoms with Gasteiger partial charge in [-0.2, -0.15) is 0 Å².